The van der Waals surface area contributed by atoms with Gasteiger partial charge in [-0.05, 0) is 76.0 Å². The Morgan fingerprint density at radius 3 is 2.00 bits per heavy atom. The first-order valence-electron chi connectivity index (χ1n) is 9.15. The molecule has 4 heteroatoms. The fourth-order valence-electron chi connectivity index (χ4n) is 6.01. The summed E-state index contributed by atoms with van der Waals surface area (Å²) >= 11 is 0. The van der Waals surface area contributed by atoms with Gasteiger partial charge in [-0.2, -0.15) is 0 Å². The largest absolute Gasteiger partial charge is 0.344 e. The number of nitrogens with zero attached hydrogens (tertiary/aromatic N) is 1. The highest BCUT2D eigenvalue weighted by molar-refractivity contribution is 5.90. The lowest BCUT2D eigenvalue weighted by Gasteiger charge is -2.55. The van der Waals surface area contributed by atoms with Gasteiger partial charge in [-0.3, -0.25) is 9.59 Å². The van der Waals surface area contributed by atoms with Crippen molar-refractivity contribution >= 4 is 11.8 Å². The van der Waals surface area contributed by atoms with Crippen molar-refractivity contribution in [2.24, 2.45) is 23.2 Å². The highest BCUT2D eigenvalue weighted by Crippen LogP contribution is 2.60. The third kappa shape index (κ3) is 2.35. The van der Waals surface area contributed by atoms with Crippen molar-refractivity contribution in [1.82, 2.24) is 10.2 Å². The quantitative estimate of drug-likeness (QED) is 0.870. The molecule has 22 heavy (non-hydrogen) atoms. The van der Waals surface area contributed by atoms with Gasteiger partial charge in [0.05, 0.1) is 0 Å². The van der Waals surface area contributed by atoms with E-state index >= 15 is 0 Å². The van der Waals surface area contributed by atoms with Crippen LogP contribution in [0.25, 0.3) is 0 Å². The first-order chi connectivity index (χ1) is 10.6. The maximum absolute atomic E-state index is 12.9. The Morgan fingerprint density at radius 2 is 1.50 bits per heavy atom. The van der Waals surface area contributed by atoms with Crippen molar-refractivity contribution < 1.29 is 9.59 Å². The molecule has 4 bridgehead atoms. The molecule has 1 heterocycles. The molecule has 4 nitrogen and oxygen atoms in total. The third-order valence-corrected chi connectivity index (χ3v) is 6.66. The molecule has 4 saturated carbocycles. The first kappa shape index (κ1) is 14.5. The smallest absolute Gasteiger partial charge is 0.244 e. The second-order valence-corrected chi connectivity index (χ2v) is 8.43. The Morgan fingerprint density at radius 1 is 1.00 bits per heavy atom. The molecule has 1 aliphatic heterocycles. The maximum Gasteiger partial charge on any atom is 0.244 e. The minimum absolute atomic E-state index is 0.107. The average molecular weight is 304 g/mol. The van der Waals surface area contributed by atoms with E-state index in [0.29, 0.717) is 0 Å². The molecule has 0 aromatic carbocycles. The van der Waals surface area contributed by atoms with Crippen LogP contribution >= 0.6 is 0 Å². The number of nitrogens with one attached hydrogen (secondary N) is 1. The number of amides is 2. The van der Waals surface area contributed by atoms with Crippen LogP contribution in [0.4, 0.5) is 0 Å². The van der Waals surface area contributed by atoms with Gasteiger partial charge in [-0.1, -0.05) is 0 Å². The minimum atomic E-state index is -0.362. The van der Waals surface area contributed by atoms with E-state index in [2.05, 4.69) is 5.32 Å². The number of hydrogen-bond donors (Lipinski definition) is 1. The van der Waals surface area contributed by atoms with Gasteiger partial charge in [0.15, 0.2) is 0 Å². The Bertz CT molecular complexity index is 446. The van der Waals surface area contributed by atoms with Gasteiger partial charge in [-0.25, -0.2) is 0 Å². The molecular formula is C18H28N2O2. The Kier molecular flexibility index (Phi) is 3.46. The number of hydrogen-bond acceptors (Lipinski definition) is 2. The van der Waals surface area contributed by atoms with Gasteiger partial charge in [-0.15, -0.1) is 0 Å². The van der Waals surface area contributed by atoms with Crippen LogP contribution in [-0.2, 0) is 9.59 Å². The molecular weight excluding hydrogens is 276 g/mol. The SMILES string of the molecule is C[C@H](NC(=O)C12CC3CC(CC(C3)C1)C2)C(=O)N1CCCC1. The number of carbonyl (C=O) groups excluding carboxylic acids is 2. The summed E-state index contributed by atoms with van der Waals surface area (Å²) in [6.07, 6.45) is 9.42. The van der Waals surface area contributed by atoms with Crippen molar-refractivity contribution in [3.8, 4) is 0 Å². The number of carbonyl (C=O) groups is 2. The van der Waals surface area contributed by atoms with Crippen molar-refractivity contribution in [3.05, 3.63) is 0 Å². The maximum atomic E-state index is 12.9. The van der Waals surface area contributed by atoms with Crippen LogP contribution in [0.3, 0.4) is 0 Å². The molecule has 4 aliphatic carbocycles. The zero-order chi connectivity index (χ0) is 15.3. The summed E-state index contributed by atoms with van der Waals surface area (Å²) in [5.41, 5.74) is -0.145. The minimum Gasteiger partial charge on any atom is -0.344 e. The molecule has 1 N–H and O–H groups in total. The molecule has 5 fully saturated rings. The summed E-state index contributed by atoms with van der Waals surface area (Å²) in [4.78, 5) is 27.3. The molecule has 0 unspecified atom stereocenters. The fourth-order valence-corrected chi connectivity index (χ4v) is 6.01. The van der Waals surface area contributed by atoms with Crippen LogP contribution < -0.4 is 5.32 Å². The van der Waals surface area contributed by atoms with Gasteiger partial charge in [0.2, 0.25) is 11.8 Å². The third-order valence-electron chi connectivity index (χ3n) is 6.66. The number of rotatable bonds is 3. The van der Waals surface area contributed by atoms with Gasteiger partial charge in [0, 0.05) is 18.5 Å². The van der Waals surface area contributed by atoms with Crippen LogP contribution in [0, 0.1) is 23.2 Å². The second-order valence-electron chi connectivity index (χ2n) is 8.43. The molecule has 2 amide bonds. The summed E-state index contributed by atoms with van der Waals surface area (Å²) in [6.45, 7) is 3.58. The van der Waals surface area contributed by atoms with Crippen molar-refractivity contribution in [2.45, 2.75) is 64.3 Å². The normalized spacial score (nSPS) is 40.8. The summed E-state index contributed by atoms with van der Waals surface area (Å²) in [6, 6.07) is -0.362. The predicted octanol–water partition coefficient (Wildman–Crippen LogP) is 2.33. The number of likely N-dealkylation sites (tertiary alicyclic amines) is 1. The van der Waals surface area contributed by atoms with Crippen LogP contribution in [0.15, 0.2) is 0 Å². The first-order valence-corrected chi connectivity index (χ1v) is 9.15. The van der Waals surface area contributed by atoms with Crippen LogP contribution in [-0.4, -0.2) is 35.8 Å². The zero-order valence-corrected chi connectivity index (χ0v) is 13.6. The molecule has 0 aromatic rings. The second kappa shape index (κ2) is 5.24. The molecule has 0 aromatic heterocycles. The standard InChI is InChI=1S/C18H28N2O2/c1-12(16(21)20-4-2-3-5-20)19-17(22)18-9-13-6-14(10-18)8-15(7-13)11-18/h12-15H,2-11H2,1H3,(H,19,22)/t12-,13?,14?,15?,18?/m0/s1. The predicted molar refractivity (Wildman–Crippen MR) is 84.0 cm³/mol. The van der Waals surface area contributed by atoms with E-state index < -0.39 is 0 Å². The summed E-state index contributed by atoms with van der Waals surface area (Å²) in [5.74, 6) is 2.58. The van der Waals surface area contributed by atoms with Crippen molar-refractivity contribution in [3.63, 3.8) is 0 Å². The van der Waals surface area contributed by atoms with Crippen molar-refractivity contribution in [1.29, 1.82) is 0 Å². The van der Waals surface area contributed by atoms with E-state index in [4.69, 9.17) is 0 Å². The molecule has 122 valence electrons. The molecule has 1 atom stereocenters. The van der Waals surface area contributed by atoms with Gasteiger partial charge in [0.1, 0.15) is 6.04 Å². The monoisotopic (exact) mass is 304 g/mol. The Labute approximate surface area is 133 Å². The lowest BCUT2D eigenvalue weighted by molar-refractivity contribution is -0.149. The van der Waals surface area contributed by atoms with E-state index in [-0.39, 0.29) is 23.3 Å². The van der Waals surface area contributed by atoms with E-state index in [9.17, 15) is 9.59 Å². The Balaban J connectivity index is 1.42. The molecule has 0 spiro atoms. The van der Waals surface area contributed by atoms with E-state index in [0.717, 1.165) is 62.9 Å². The summed E-state index contributed by atoms with van der Waals surface area (Å²) in [7, 11) is 0. The lowest BCUT2D eigenvalue weighted by Crippen LogP contribution is -2.56. The highest BCUT2D eigenvalue weighted by Gasteiger charge is 2.54. The summed E-state index contributed by atoms with van der Waals surface area (Å²) < 4.78 is 0. The van der Waals surface area contributed by atoms with Crippen LogP contribution in [0.1, 0.15) is 58.3 Å². The zero-order valence-electron chi connectivity index (χ0n) is 13.6. The van der Waals surface area contributed by atoms with Gasteiger partial charge < -0.3 is 10.2 Å². The van der Waals surface area contributed by atoms with E-state index in [1.165, 1.54) is 19.3 Å². The molecule has 5 rings (SSSR count). The van der Waals surface area contributed by atoms with Gasteiger partial charge in [0.25, 0.3) is 0 Å². The molecule has 5 aliphatic rings. The van der Waals surface area contributed by atoms with Crippen molar-refractivity contribution in [2.75, 3.05) is 13.1 Å². The fraction of sp³-hybridized carbons (Fsp3) is 0.889. The van der Waals surface area contributed by atoms with E-state index in [1.54, 1.807) is 0 Å². The summed E-state index contributed by atoms with van der Waals surface area (Å²) in [5, 5.41) is 3.08. The molecule has 1 saturated heterocycles. The van der Waals surface area contributed by atoms with E-state index in [1.807, 2.05) is 11.8 Å². The highest BCUT2D eigenvalue weighted by atomic mass is 16.2. The van der Waals surface area contributed by atoms with Crippen LogP contribution in [0.5, 0.6) is 0 Å². The van der Waals surface area contributed by atoms with Gasteiger partial charge >= 0.3 is 0 Å². The Hall–Kier alpha value is -1.06. The topological polar surface area (TPSA) is 49.4 Å². The molecule has 0 radical (unpaired) electrons. The lowest BCUT2D eigenvalue weighted by atomic mass is 9.49. The average Bonchev–Trinajstić information content (AvgIpc) is 2.99. The van der Waals surface area contributed by atoms with Crippen LogP contribution in [0.2, 0.25) is 0 Å².